The minimum Gasteiger partial charge on any atom is -0.478 e. The van der Waals surface area contributed by atoms with Crippen LogP contribution in [0.4, 0.5) is 0 Å². The molecule has 0 aliphatic heterocycles. The normalized spacial score (nSPS) is 11.1. The average molecular weight is 402 g/mol. The number of carboxylic acid groups (broad SMARTS) is 1. The van der Waals surface area contributed by atoms with Gasteiger partial charge in [-0.05, 0) is 40.6 Å². The van der Waals surface area contributed by atoms with Crippen molar-refractivity contribution >= 4 is 56.2 Å². The molecule has 3 heterocycles. The van der Waals surface area contributed by atoms with E-state index < -0.39 is 5.97 Å². The van der Waals surface area contributed by atoms with Crippen LogP contribution >= 0.6 is 34.3 Å². The summed E-state index contributed by atoms with van der Waals surface area (Å²) in [5, 5.41) is 14.0. The van der Waals surface area contributed by atoms with Crippen LogP contribution in [0, 0.1) is 0 Å². The molecular weight excluding hydrogens is 390 g/mol. The summed E-state index contributed by atoms with van der Waals surface area (Å²) in [5.74, 6) is -1.16. The third-order valence-corrected chi connectivity index (χ3v) is 6.20. The highest BCUT2D eigenvalue weighted by molar-refractivity contribution is 7.17. The summed E-state index contributed by atoms with van der Waals surface area (Å²) in [6.45, 7) is 0. The Balaban J connectivity index is 1.68. The molecule has 0 saturated carbocycles. The highest BCUT2D eigenvalue weighted by atomic mass is 35.5. The van der Waals surface area contributed by atoms with Crippen LogP contribution in [0.3, 0.4) is 0 Å². The van der Waals surface area contributed by atoms with Crippen LogP contribution in [0.5, 0.6) is 0 Å². The Labute approximate surface area is 161 Å². The van der Waals surface area contributed by atoms with Gasteiger partial charge in [0.15, 0.2) is 5.78 Å². The maximum Gasteiger partial charge on any atom is 0.337 e. The lowest BCUT2D eigenvalue weighted by Crippen LogP contribution is -2.07. The second-order valence-corrected chi connectivity index (χ2v) is 8.09. The summed E-state index contributed by atoms with van der Waals surface area (Å²) in [6, 6.07) is 10.7. The Morgan fingerprint density at radius 2 is 1.88 bits per heavy atom. The minimum atomic E-state index is -1.04. The first-order valence-corrected chi connectivity index (χ1v) is 9.85. The standard InChI is InChI=1S/C19H12ClNO3S2/c20-11-3-1-10(2-4-11)12-9-26-17(18(12)19(23)24)8-15(22)14-7-16-13(21-14)5-6-25-16/h1-7,9,21H,8H2,(H,23,24). The van der Waals surface area contributed by atoms with E-state index in [4.69, 9.17) is 11.6 Å². The number of carbonyl (C=O) groups excluding carboxylic acids is 1. The summed E-state index contributed by atoms with van der Waals surface area (Å²) in [7, 11) is 0. The fraction of sp³-hybridized carbons (Fsp3) is 0.0526. The van der Waals surface area contributed by atoms with E-state index in [0.717, 1.165) is 15.8 Å². The van der Waals surface area contributed by atoms with E-state index in [2.05, 4.69) is 4.98 Å². The van der Waals surface area contributed by atoms with E-state index in [1.807, 2.05) is 17.5 Å². The van der Waals surface area contributed by atoms with Gasteiger partial charge in [-0.15, -0.1) is 22.7 Å². The van der Waals surface area contributed by atoms with Crippen molar-refractivity contribution in [2.75, 3.05) is 0 Å². The first-order valence-electron chi connectivity index (χ1n) is 7.72. The summed E-state index contributed by atoms with van der Waals surface area (Å²) in [6.07, 6.45) is 0.0493. The quantitative estimate of drug-likeness (QED) is 0.419. The van der Waals surface area contributed by atoms with E-state index in [1.54, 1.807) is 41.0 Å². The fourth-order valence-electron chi connectivity index (χ4n) is 2.84. The molecule has 26 heavy (non-hydrogen) atoms. The van der Waals surface area contributed by atoms with Crippen LogP contribution in [0.25, 0.3) is 21.3 Å². The van der Waals surface area contributed by atoms with Crippen molar-refractivity contribution < 1.29 is 14.7 Å². The van der Waals surface area contributed by atoms with Crippen molar-refractivity contribution in [2.24, 2.45) is 0 Å². The summed E-state index contributed by atoms with van der Waals surface area (Å²) in [5.41, 5.74) is 2.98. The Kier molecular flexibility index (Phi) is 4.40. The Hall–Kier alpha value is -2.41. The van der Waals surface area contributed by atoms with E-state index in [-0.39, 0.29) is 17.8 Å². The SMILES string of the molecule is O=C(Cc1scc(-c2ccc(Cl)cc2)c1C(=O)O)c1cc2sccc2[nH]1. The predicted molar refractivity (Wildman–Crippen MR) is 106 cm³/mol. The molecule has 0 saturated heterocycles. The summed E-state index contributed by atoms with van der Waals surface area (Å²) in [4.78, 5) is 28.1. The Morgan fingerprint density at radius 3 is 2.58 bits per heavy atom. The van der Waals surface area contributed by atoms with Crippen molar-refractivity contribution in [1.29, 1.82) is 0 Å². The number of aromatic carboxylic acids is 1. The number of H-pyrrole nitrogens is 1. The molecule has 130 valence electrons. The van der Waals surface area contributed by atoms with Gasteiger partial charge in [0.2, 0.25) is 0 Å². The number of fused-ring (bicyclic) bond motifs is 1. The van der Waals surface area contributed by atoms with Gasteiger partial charge in [0.25, 0.3) is 0 Å². The molecule has 0 atom stereocenters. The van der Waals surface area contributed by atoms with Crippen LogP contribution in [-0.4, -0.2) is 21.8 Å². The van der Waals surface area contributed by atoms with Crippen LogP contribution < -0.4 is 0 Å². The average Bonchev–Trinajstić information content (AvgIpc) is 3.29. The fourth-order valence-corrected chi connectivity index (χ4v) is 4.80. The number of halogens is 1. The molecule has 3 aromatic heterocycles. The second-order valence-electron chi connectivity index (χ2n) is 5.74. The van der Waals surface area contributed by atoms with E-state index >= 15 is 0 Å². The van der Waals surface area contributed by atoms with Crippen molar-refractivity contribution in [2.45, 2.75) is 6.42 Å². The molecule has 0 aliphatic rings. The maximum atomic E-state index is 12.6. The van der Waals surface area contributed by atoms with Gasteiger partial charge in [0, 0.05) is 21.9 Å². The lowest BCUT2D eigenvalue weighted by atomic mass is 10.0. The molecule has 0 aliphatic carbocycles. The number of hydrogen-bond donors (Lipinski definition) is 2. The number of carbonyl (C=O) groups is 2. The first kappa shape index (κ1) is 17.0. The van der Waals surface area contributed by atoms with Gasteiger partial charge in [-0.25, -0.2) is 4.79 Å². The zero-order valence-corrected chi connectivity index (χ0v) is 15.7. The first-order chi connectivity index (χ1) is 12.5. The number of carboxylic acids is 1. The van der Waals surface area contributed by atoms with Gasteiger partial charge >= 0.3 is 5.97 Å². The minimum absolute atomic E-state index is 0.0493. The number of rotatable bonds is 5. The molecule has 0 radical (unpaired) electrons. The number of ketones is 1. The molecule has 4 nitrogen and oxygen atoms in total. The largest absolute Gasteiger partial charge is 0.478 e. The maximum absolute atomic E-state index is 12.6. The number of aromatic amines is 1. The topological polar surface area (TPSA) is 70.2 Å². The van der Waals surface area contributed by atoms with Crippen molar-refractivity contribution in [3.05, 3.63) is 68.3 Å². The van der Waals surface area contributed by atoms with Gasteiger partial charge in [0.1, 0.15) is 0 Å². The third-order valence-electron chi connectivity index (χ3n) is 4.10. The molecule has 0 amide bonds. The van der Waals surface area contributed by atoms with Crippen LogP contribution in [0.2, 0.25) is 5.02 Å². The van der Waals surface area contributed by atoms with E-state index in [0.29, 0.717) is 21.2 Å². The molecule has 4 aromatic rings. The zero-order valence-electron chi connectivity index (χ0n) is 13.3. The van der Waals surface area contributed by atoms with Crippen molar-refractivity contribution in [3.63, 3.8) is 0 Å². The number of Topliss-reactive ketones (excluding diaryl/α,β-unsaturated/α-hetero) is 1. The third kappa shape index (κ3) is 3.07. The summed E-state index contributed by atoms with van der Waals surface area (Å²) < 4.78 is 1.01. The number of nitrogens with one attached hydrogen (secondary N) is 1. The molecule has 4 rings (SSSR count). The summed E-state index contributed by atoms with van der Waals surface area (Å²) >= 11 is 8.75. The van der Waals surface area contributed by atoms with Crippen LogP contribution in [0.15, 0.2) is 47.2 Å². The monoisotopic (exact) mass is 401 g/mol. The number of hydrogen-bond acceptors (Lipinski definition) is 4. The zero-order chi connectivity index (χ0) is 18.3. The van der Waals surface area contributed by atoms with E-state index in [1.165, 1.54) is 11.3 Å². The van der Waals surface area contributed by atoms with E-state index in [9.17, 15) is 14.7 Å². The van der Waals surface area contributed by atoms with Gasteiger partial charge in [0.05, 0.1) is 21.5 Å². The highest BCUT2D eigenvalue weighted by Crippen LogP contribution is 2.33. The Bertz CT molecular complexity index is 1090. The van der Waals surface area contributed by atoms with Gasteiger partial charge in [-0.1, -0.05) is 23.7 Å². The molecule has 0 fully saturated rings. The smallest absolute Gasteiger partial charge is 0.337 e. The van der Waals surface area contributed by atoms with Gasteiger partial charge < -0.3 is 10.1 Å². The highest BCUT2D eigenvalue weighted by Gasteiger charge is 2.22. The predicted octanol–water partition coefficient (Wildman–Crippen LogP) is 5.73. The molecule has 2 N–H and O–H groups in total. The second kappa shape index (κ2) is 6.72. The van der Waals surface area contributed by atoms with Gasteiger partial charge in [-0.2, -0.15) is 0 Å². The number of benzene rings is 1. The molecule has 7 heteroatoms. The molecule has 0 bridgehead atoms. The Morgan fingerprint density at radius 1 is 1.12 bits per heavy atom. The lowest BCUT2D eigenvalue weighted by Gasteiger charge is -2.04. The molecule has 0 spiro atoms. The van der Waals surface area contributed by atoms with Crippen molar-refractivity contribution in [1.82, 2.24) is 4.98 Å². The lowest BCUT2D eigenvalue weighted by molar-refractivity contribution is 0.0697. The van der Waals surface area contributed by atoms with Crippen LogP contribution in [-0.2, 0) is 6.42 Å². The van der Waals surface area contributed by atoms with Gasteiger partial charge in [-0.3, -0.25) is 4.79 Å². The molecule has 0 unspecified atom stereocenters. The molecular formula is C19H12ClNO3S2. The number of thiophene rings is 2. The number of aromatic nitrogens is 1. The van der Waals surface area contributed by atoms with Crippen LogP contribution in [0.1, 0.15) is 25.7 Å². The molecule has 1 aromatic carbocycles. The van der Waals surface area contributed by atoms with Crippen molar-refractivity contribution in [3.8, 4) is 11.1 Å².